The topological polar surface area (TPSA) is 68.8 Å². The van der Waals surface area contributed by atoms with E-state index in [-0.39, 0.29) is 6.04 Å². The number of hydrogen-bond donors (Lipinski definition) is 1. The molecule has 6 heteroatoms. The first kappa shape index (κ1) is 17.9. The highest BCUT2D eigenvalue weighted by atomic mass is 16.3. The molecular weight excluding hydrogens is 326 g/mol. The fourth-order valence-electron chi connectivity index (χ4n) is 2.86. The van der Waals surface area contributed by atoms with Crippen LogP contribution in [0.2, 0.25) is 0 Å². The fourth-order valence-corrected chi connectivity index (χ4v) is 2.86. The number of aromatic nitrogens is 4. The Morgan fingerprint density at radius 3 is 2.69 bits per heavy atom. The molecule has 0 aliphatic rings. The van der Waals surface area contributed by atoms with Gasteiger partial charge in [-0.3, -0.25) is 4.68 Å². The number of fused-ring (bicyclic) bond motifs is 1. The number of nitrogens with one attached hydrogen (secondary N) is 1. The summed E-state index contributed by atoms with van der Waals surface area (Å²) < 4.78 is 7.57. The van der Waals surface area contributed by atoms with Gasteiger partial charge in [0.2, 0.25) is 5.89 Å². The molecule has 3 aromatic heterocycles. The molecule has 1 N–H and O–H groups in total. The van der Waals surface area contributed by atoms with Crippen LogP contribution in [0.4, 0.5) is 5.69 Å². The van der Waals surface area contributed by atoms with Crippen molar-refractivity contribution in [2.24, 2.45) is 0 Å². The first-order valence-electron chi connectivity index (χ1n) is 8.78. The standard InChI is InChI=1S/C20H25N5O/c1-7-15(8-2)10-21-16-9-17(20-22-13(5)11-26-20)23-18-14(6)24-25(12(3)4)19(16)18/h7-9,11-12H,1,10H2,2-6H3,(H,21,23)/b15-8+. The van der Waals surface area contributed by atoms with Crippen LogP contribution in [0.1, 0.15) is 38.2 Å². The molecule has 3 heterocycles. The van der Waals surface area contributed by atoms with E-state index in [4.69, 9.17) is 9.40 Å². The summed E-state index contributed by atoms with van der Waals surface area (Å²) in [5.74, 6) is 0.513. The van der Waals surface area contributed by atoms with Crippen molar-refractivity contribution < 1.29 is 4.42 Å². The molecule has 0 amide bonds. The van der Waals surface area contributed by atoms with Gasteiger partial charge in [-0.25, -0.2) is 9.97 Å². The highest BCUT2D eigenvalue weighted by Gasteiger charge is 2.19. The van der Waals surface area contributed by atoms with Gasteiger partial charge in [-0.05, 0) is 46.3 Å². The van der Waals surface area contributed by atoms with E-state index in [0.717, 1.165) is 33.7 Å². The van der Waals surface area contributed by atoms with E-state index in [1.54, 1.807) is 6.26 Å². The van der Waals surface area contributed by atoms with Crippen LogP contribution in [0.25, 0.3) is 22.6 Å². The minimum absolute atomic E-state index is 0.226. The van der Waals surface area contributed by atoms with Crippen molar-refractivity contribution in [3.8, 4) is 11.6 Å². The summed E-state index contributed by atoms with van der Waals surface area (Å²) in [5, 5.41) is 8.19. The summed E-state index contributed by atoms with van der Waals surface area (Å²) in [7, 11) is 0. The van der Waals surface area contributed by atoms with Crippen LogP contribution in [-0.2, 0) is 0 Å². The van der Waals surface area contributed by atoms with Crippen molar-refractivity contribution in [2.75, 3.05) is 11.9 Å². The molecule has 3 aromatic rings. The van der Waals surface area contributed by atoms with Gasteiger partial charge in [-0.2, -0.15) is 5.10 Å². The third-order valence-corrected chi connectivity index (χ3v) is 4.27. The average molecular weight is 351 g/mol. The summed E-state index contributed by atoms with van der Waals surface area (Å²) in [6, 6.07) is 2.20. The maximum atomic E-state index is 5.56. The molecule has 0 unspecified atom stereocenters. The predicted octanol–water partition coefficient (Wildman–Crippen LogP) is 4.83. The third-order valence-electron chi connectivity index (χ3n) is 4.27. The van der Waals surface area contributed by atoms with Crippen LogP contribution < -0.4 is 5.32 Å². The largest absolute Gasteiger partial charge is 0.443 e. The van der Waals surface area contributed by atoms with E-state index in [1.807, 2.05) is 43.7 Å². The van der Waals surface area contributed by atoms with Gasteiger partial charge in [0.05, 0.1) is 17.1 Å². The van der Waals surface area contributed by atoms with Gasteiger partial charge in [-0.15, -0.1) is 0 Å². The van der Waals surface area contributed by atoms with Gasteiger partial charge in [-0.1, -0.05) is 18.7 Å². The lowest BCUT2D eigenvalue weighted by atomic mass is 10.2. The van der Waals surface area contributed by atoms with E-state index in [2.05, 4.69) is 35.8 Å². The Bertz CT molecular complexity index is 978. The van der Waals surface area contributed by atoms with Crippen molar-refractivity contribution in [3.63, 3.8) is 0 Å². The van der Waals surface area contributed by atoms with Gasteiger partial charge in [0.15, 0.2) is 0 Å². The van der Waals surface area contributed by atoms with Crippen LogP contribution >= 0.6 is 0 Å². The fraction of sp³-hybridized carbons (Fsp3) is 0.350. The number of allylic oxidation sites excluding steroid dienone is 1. The van der Waals surface area contributed by atoms with Crippen LogP contribution in [0.5, 0.6) is 0 Å². The van der Waals surface area contributed by atoms with Crippen molar-refractivity contribution >= 4 is 16.7 Å². The molecule has 0 radical (unpaired) electrons. The molecule has 0 atom stereocenters. The zero-order chi connectivity index (χ0) is 18.8. The summed E-state index contributed by atoms with van der Waals surface area (Å²) >= 11 is 0. The Morgan fingerprint density at radius 1 is 1.35 bits per heavy atom. The first-order chi connectivity index (χ1) is 12.4. The lowest BCUT2D eigenvalue weighted by molar-refractivity contribution is 0.547. The number of anilines is 1. The molecule has 0 spiro atoms. The summed E-state index contributed by atoms with van der Waals surface area (Å²) in [6.07, 6.45) is 5.53. The van der Waals surface area contributed by atoms with Crippen molar-refractivity contribution in [1.82, 2.24) is 19.7 Å². The minimum atomic E-state index is 0.226. The van der Waals surface area contributed by atoms with E-state index in [1.165, 1.54) is 0 Å². The molecule has 136 valence electrons. The number of nitrogens with zero attached hydrogens (tertiary/aromatic N) is 4. The highest BCUT2D eigenvalue weighted by molar-refractivity contribution is 5.92. The lowest BCUT2D eigenvalue weighted by Gasteiger charge is -2.13. The lowest BCUT2D eigenvalue weighted by Crippen LogP contribution is -2.08. The summed E-state index contributed by atoms with van der Waals surface area (Å²) in [4.78, 5) is 9.19. The zero-order valence-electron chi connectivity index (χ0n) is 16.0. The second-order valence-corrected chi connectivity index (χ2v) is 6.59. The van der Waals surface area contributed by atoms with Crippen LogP contribution in [0.15, 0.2) is 41.1 Å². The number of aryl methyl sites for hydroxylation is 2. The van der Waals surface area contributed by atoms with E-state index in [9.17, 15) is 0 Å². The number of rotatable bonds is 6. The molecule has 0 aliphatic carbocycles. The number of pyridine rings is 1. The zero-order valence-corrected chi connectivity index (χ0v) is 16.0. The minimum Gasteiger partial charge on any atom is -0.443 e. The number of oxazole rings is 1. The molecule has 6 nitrogen and oxygen atoms in total. The van der Waals surface area contributed by atoms with Crippen molar-refractivity contribution in [1.29, 1.82) is 0 Å². The van der Waals surface area contributed by atoms with Gasteiger partial charge in [0.25, 0.3) is 0 Å². The van der Waals surface area contributed by atoms with E-state index >= 15 is 0 Å². The normalized spacial score (nSPS) is 12.2. The van der Waals surface area contributed by atoms with E-state index in [0.29, 0.717) is 18.1 Å². The molecule has 0 aliphatic heterocycles. The van der Waals surface area contributed by atoms with Gasteiger partial charge in [0.1, 0.15) is 23.0 Å². The second-order valence-electron chi connectivity index (χ2n) is 6.59. The maximum absolute atomic E-state index is 5.56. The van der Waals surface area contributed by atoms with Crippen molar-refractivity contribution in [2.45, 2.75) is 40.7 Å². The van der Waals surface area contributed by atoms with Gasteiger partial charge < -0.3 is 9.73 Å². The first-order valence-corrected chi connectivity index (χ1v) is 8.78. The predicted molar refractivity (Wildman–Crippen MR) is 105 cm³/mol. The molecule has 0 fully saturated rings. The summed E-state index contributed by atoms with van der Waals surface area (Å²) in [6.45, 7) is 14.6. The quantitative estimate of drug-likeness (QED) is 0.644. The van der Waals surface area contributed by atoms with Crippen LogP contribution in [-0.4, -0.2) is 26.3 Å². The monoisotopic (exact) mass is 351 g/mol. The molecule has 0 saturated heterocycles. The highest BCUT2D eigenvalue weighted by Crippen LogP contribution is 2.31. The molecule has 0 saturated carbocycles. The SMILES string of the molecule is C=C/C(=C\C)CNc1cc(-c2nc(C)co2)nc2c(C)nn(C(C)C)c12. The summed E-state index contributed by atoms with van der Waals surface area (Å²) in [5.41, 5.74) is 6.33. The van der Waals surface area contributed by atoms with Gasteiger partial charge >= 0.3 is 0 Å². The van der Waals surface area contributed by atoms with Crippen LogP contribution in [0.3, 0.4) is 0 Å². The number of hydrogen-bond acceptors (Lipinski definition) is 5. The Labute approximate surface area is 153 Å². The Kier molecular flexibility index (Phi) is 4.93. The van der Waals surface area contributed by atoms with E-state index < -0.39 is 0 Å². The van der Waals surface area contributed by atoms with Crippen molar-refractivity contribution in [3.05, 3.63) is 48.0 Å². The Balaban J connectivity index is 2.18. The smallest absolute Gasteiger partial charge is 0.245 e. The maximum Gasteiger partial charge on any atom is 0.245 e. The molecule has 0 aromatic carbocycles. The molecule has 26 heavy (non-hydrogen) atoms. The second kappa shape index (κ2) is 7.15. The average Bonchev–Trinajstić information content (AvgIpc) is 3.19. The molecule has 3 rings (SSSR count). The molecule has 0 bridgehead atoms. The Morgan fingerprint density at radius 2 is 2.12 bits per heavy atom. The Hall–Kier alpha value is -2.89. The molecular formula is C20H25N5O. The third kappa shape index (κ3) is 3.27. The van der Waals surface area contributed by atoms with Gasteiger partial charge in [0, 0.05) is 12.6 Å². The van der Waals surface area contributed by atoms with Crippen LogP contribution in [0, 0.1) is 13.8 Å².